The van der Waals surface area contributed by atoms with Crippen molar-refractivity contribution in [3.05, 3.63) is 34.9 Å². The van der Waals surface area contributed by atoms with Crippen molar-refractivity contribution >= 4 is 11.6 Å². The van der Waals surface area contributed by atoms with Crippen molar-refractivity contribution in [3.8, 4) is 5.75 Å². The molecule has 104 valence electrons. The number of nitrogens with zero attached hydrogens (tertiary/aromatic N) is 2. The van der Waals surface area contributed by atoms with E-state index in [-0.39, 0.29) is 17.5 Å². The van der Waals surface area contributed by atoms with Crippen LogP contribution in [0.4, 0.5) is 5.69 Å². The number of hydrogen-bond acceptors (Lipinski definition) is 4. The second-order valence-corrected chi connectivity index (χ2v) is 5.23. The number of rotatable bonds is 3. The number of H-pyrrole nitrogens is 1. The standard InChI is InChI=1S/C14H16N4O2/c1-7-6-11(19)8(2)5-10(7)15-14(20)13-16-12(17-18-13)9-3-4-9/h5-6,9,19H,3-4H2,1-2H3,(H,15,20)(H,16,17,18). The van der Waals surface area contributed by atoms with Gasteiger partial charge in [0.15, 0.2) is 0 Å². The summed E-state index contributed by atoms with van der Waals surface area (Å²) in [6.07, 6.45) is 2.21. The van der Waals surface area contributed by atoms with E-state index in [1.54, 1.807) is 19.1 Å². The van der Waals surface area contributed by atoms with Gasteiger partial charge in [-0.1, -0.05) is 0 Å². The van der Waals surface area contributed by atoms with E-state index in [9.17, 15) is 9.90 Å². The molecule has 2 aromatic rings. The first-order valence-electron chi connectivity index (χ1n) is 6.58. The van der Waals surface area contributed by atoms with Crippen molar-refractivity contribution in [2.45, 2.75) is 32.6 Å². The van der Waals surface area contributed by atoms with Crippen LogP contribution < -0.4 is 5.32 Å². The number of phenolic OH excluding ortho intramolecular Hbond substituents is 1. The molecule has 1 aromatic carbocycles. The Bertz CT molecular complexity index is 674. The number of hydrogen-bond donors (Lipinski definition) is 3. The van der Waals surface area contributed by atoms with Crippen molar-refractivity contribution in [3.63, 3.8) is 0 Å². The van der Waals surface area contributed by atoms with Crippen molar-refractivity contribution < 1.29 is 9.90 Å². The van der Waals surface area contributed by atoms with Gasteiger partial charge in [-0.15, -0.1) is 5.10 Å². The molecule has 0 saturated heterocycles. The summed E-state index contributed by atoms with van der Waals surface area (Å²) < 4.78 is 0. The molecule has 6 heteroatoms. The maximum Gasteiger partial charge on any atom is 0.295 e. The highest BCUT2D eigenvalue weighted by molar-refractivity contribution is 6.02. The Balaban J connectivity index is 1.79. The monoisotopic (exact) mass is 272 g/mol. The Hall–Kier alpha value is -2.37. The number of amides is 1. The van der Waals surface area contributed by atoms with E-state index in [1.165, 1.54) is 0 Å². The molecule has 1 aliphatic carbocycles. The molecule has 3 N–H and O–H groups in total. The first kappa shape index (κ1) is 12.7. The summed E-state index contributed by atoms with van der Waals surface area (Å²) in [5, 5.41) is 19.1. The SMILES string of the molecule is Cc1cc(NC(=O)c2n[nH]c(C3CC3)n2)c(C)cc1O. The van der Waals surface area contributed by atoms with E-state index in [4.69, 9.17) is 0 Å². The molecule has 0 radical (unpaired) electrons. The fourth-order valence-corrected chi connectivity index (χ4v) is 2.03. The second kappa shape index (κ2) is 4.63. The van der Waals surface area contributed by atoms with Crippen molar-refractivity contribution in [2.24, 2.45) is 0 Å². The van der Waals surface area contributed by atoms with Crippen LogP contribution in [0.3, 0.4) is 0 Å². The topological polar surface area (TPSA) is 90.9 Å². The van der Waals surface area contributed by atoms with Crippen LogP contribution in [-0.2, 0) is 0 Å². The van der Waals surface area contributed by atoms with Crippen LogP contribution in [0.5, 0.6) is 5.75 Å². The van der Waals surface area contributed by atoms with Crippen LogP contribution in [0.25, 0.3) is 0 Å². The molecule has 1 fully saturated rings. The molecule has 0 aliphatic heterocycles. The van der Waals surface area contributed by atoms with Gasteiger partial charge in [0.2, 0.25) is 5.82 Å². The van der Waals surface area contributed by atoms with Gasteiger partial charge in [0, 0.05) is 11.6 Å². The summed E-state index contributed by atoms with van der Waals surface area (Å²) in [6.45, 7) is 3.60. The summed E-state index contributed by atoms with van der Waals surface area (Å²) in [5.41, 5.74) is 2.15. The lowest BCUT2D eigenvalue weighted by molar-refractivity contribution is 0.101. The van der Waals surface area contributed by atoms with Gasteiger partial charge in [0.1, 0.15) is 11.6 Å². The number of aryl methyl sites for hydroxylation is 2. The van der Waals surface area contributed by atoms with E-state index in [0.29, 0.717) is 17.2 Å². The summed E-state index contributed by atoms with van der Waals surface area (Å²) >= 11 is 0. The summed E-state index contributed by atoms with van der Waals surface area (Å²) in [7, 11) is 0. The van der Waals surface area contributed by atoms with Crippen LogP contribution in [0.2, 0.25) is 0 Å². The molecule has 0 spiro atoms. The number of benzene rings is 1. The van der Waals surface area contributed by atoms with Crippen molar-refractivity contribution in [1.29, 1.82) is 0 Å². The van der Waals surface area contributed by atoms with Gasteiger partial charge in [-0.25, -0.2) is 4.98 Å². The van der Waals surface area contributed by atoms with E-state index in [1.807, 2.05) is 6.92 Å². The maximum absolute atomic E-state index is 12.1. The van der Waals surface area contributed by atoms with Gasteiger partial charge in [-0.05, 0) is 49.9 Å². The van der Waals surface area contributed by atoms with Crippen LogP contribution in [0, 0.1) is 13.8 Å². The van der Waals surface area contributed by atoms with Crippen LogP contribution >= 0.6 is 0 Å². The number of nitrogens with one attached hydrogen (secondary N) is 2. The number of aromatic amines is 1. The largest absolute Gasteiger partial charge is 0.508 e. The lowest BCUT2D eigenvalue weighted by Gasteiger charge is -2.09. The van der Waals surface area contributed by atoms with E-state index in [0.717, 1.165) is 24.2 Å². The number of carbonyl (C=O) groups is 1. The zero-order valence-corrected chi connectivity index (χ0v) is 11.4. The number of anilines is 1. The highest BCUT2D eigenvalue weighted by atomic mass is 16.3. The van der Waals surface area contributed by atoms with E-state index in [2.05, 4.69) is 20.5 Å². The van der Waals surface area contributed by atoms with Gasteiger partial charge in [0.05, 0.1) is 0 Å². The van der Waals surface area contributed by atoms with Crippen LogP contribution in [0.1, 0.15) is 46.3 Å². The Morgan fingerprint density at radius 1 is 1.35 bits per heavy atom. The smallest absolute Gasteiger partial charge is 0.295 e. The lowest BCUT2D eigenvalue weighted by atomic mass is 10.1. The fraction of sp³-hybridized carbons (Fsp3) is 0.357. The maximum atomic E-state index is 12.1. The highest BCUT2D eigenvalue weighted by Gasteiger charge is 2.28. The number of phenols is 1. The fourth-order valence-electron chi connectivity index (χ4n) is 2.03. The van der Waals surface area contributed by atoms with Gasteiger partial charge >= 0.3 is 0 Å². The Morgan fingerprint density at radius 3 is 2.80 bits per heavy atom. The van der Waals surface area contributed by atoms with Gasteiger partial charge < -0.3 is 10.4 Å². The average Bonchev–Trinajstić information content (AvgIpc) is 3.13. The molecule has 3 rings (SSSR count). The molecule has 1 heterocycles. The molecular weight excluding hydrogens is 256 g/mol. The summed E-state index contributed by atoms with van der Waals surface area (Å²) in [5.74, 6) is 1.24. The Labute approximate surface area is 116 Å². The molecule has 1 saturated carbocycles. The third kappa shape index (κ3) is 2.36. The van der Waals surface area contributed by atoms with Crippen LogP contribution in [0.15, 0.2) is 12.1 Å². The Kier molecular flexibility index (Phi) is 2.93. The third-order valence-electron chi connectivity index (χ3n) is 3.46. The first-order chi connectivity index (χ1) is 9.54. The van der Waals surface area contributed by atoms with Crippen molar-refractivity contribution in [2.75, 3.05) is 5.32 Å². The lowest BCUT2D eigenvalue weighted by Crippen LogP contribution is -2.14. The minimum atomic E-state index is -0.346. The molecule has 6 nitrogen and oxygen atoms in total. The average molecular weight is 272 g/mol. The molecule has 0 atom stereocenters. The predicted octanol–water partition coefficient (Wildman–Crippen LogP) is 2.26. The van der Waals surface area contributed by atoms with Gasteiger partial charge in [-0.2, -0.15) is 0 Å². The van der Waals surface area contributed by atoms with Gasteiger partial charge in [-0.3, -0.25) is 9.89 Å². The zero-order valence-electron chi connectivity index (χ0n) is 11.4. The molecule has 1 aromatic heterocycles. The molecule has 1 amide bonds. The molecule has 20 heavy (non-hydrogen) atoms. The van der Waals surface area contributed by atoms with Gasteiger partial charge in [0.25, 0.3) is 5.91 Å². The van der Waals surface area contributed by atoms with Crippen molar-refractivity contribution in [1.82, 2.24) is 15.2 Å². The summed E-state index contributed by atoms with van der Waals surface area (Å²) in [4.78, 5) is 16.3. The quantitative estimate of drug-likeness (QED) is 0.747. The van der Waals surface area contributed by atoms with E-state index >= 15 is 0 Å². The zero-order chi connectivity index (χ0) is 14.3. The predicted molar refractivity (Wildman–Crippen MR) is 73.9 cm³/mol. The number of aromatic nitrogens is 3. The minimum absolute atomic E-state index is 0.150. The number of carbonyl (C=O) groups excluding carboxylic acids is 1. The van der Waals surface area contributed by atoms with E-state index < -0.39 is 0 Å². The molecule has 1 aliphatic rings. The van der Waals surface area contributed by atoms with Crippen LogP contribution in [-0.4, -0.2) is 26.2 Å². The first-order valence-corrected chi connectivity index (χ1v) is 6.58. The molecule has 0 unspecified atom stereocenters. The minimum Gasteiger partial charge on any atom is -0.508 e. The Morgan fingerprint density at radius 2 is 2.10 bits per heavy atom. The second-order valence-electron chi connectivity index (χ2n) is 5.23. The number of aromatic hydroxyl groups is 1. The molecular formula is C14H16N4O2. The molecule has 0 bridgehead atoms. The summed E-state index contributed by atoms with van der Waals surface area (Å²) in [6, 6.07) is 3.36. The highest BCUT2D eigenvalue weighted by Crippen LogP contribution is 2.37. The normalized spacial score (nSPS) is 14.3. The third-order valence-corrected chi connectivity index (χ3v) is 3.46.